The average Bonchev–Trinajstić information content (AvgIpc) is 3.21. The molecular formula is C33H64N6O3S. The van der Waals surface area contributed by atoms with Crippen LogP contribution in [-0.2, 0) is 14.3 Å². The van der Waals surface area contributed by atoms with Gasteiger partial charge in [-0.15, -0.1) is 0 Å². The second-order valence-corrected chi connectivity index (χ2v) is 14.6. The molecule has 0 saturated carbocycles. The van der Waals surface area contributed by atoms with Crippen LogP contribution in [0.2, 0.25) is 0 Å². The Hall–Kier alpha value is -0.910. The molecule has 43 heavy (non-hydrogen) atoms. The highest BCUT2D eigenvalue weighted by Gasteiger charge is 2.23. The molecule has 0 bridgehead atoms. The highest BCUT2D eigenvalue weighted by molar-refractivity contribution is 7.97. The number of hydrogen-bond donors (Lipinski definition) is 2. The number of piperidine rings is 1. The van der Waals surface area contributed by atoms with E-state index in [0.717, 1.165) is 110 Å². The number of piperazine rings is 1. The molecule has 2 atom stereocenters. The van der Waals surface area contributed by atoms with Gasteiger partial charge in [0.05, 0.1) is 6.10 Å². The third-order valence-electron chi connectivity index (χ3n) is 9.28. The zero-order valence-electron chi connectivity index (χ0n) is 28.0. The van der Waals surface area contributed by atoms with Crippen molar-refractivity contribution in [1.29, 1.82) is 0 Å². The number of ether oxygens (including phenoxy) is 1. The van der Waals surface area contributed by atoms with Crippen molar-refractivity contribution in [2.45, 2.75) is 110 Å². The fraction of sp³-hybridized carbons (Fsp3) is 0.939. The molecule has 3 heterocycles. The van der Waals surface area contributed by atoms with Gasteiger partial charge in [0.2, 0.25) is 11.8 Å². The fourth-order valence-corrected chi connectivity index (χ4v) is 7.62. The Kier molecular flexibility index (Phi) is 17.8. The number of hydrogen-bond acceptors (Lipinski definition) is 8. The lowest BCUT2D eigenvalue weighted by Crippen LogP contribution is -2.46. The molecule has 2 amide bonds. The number of nitrogens with one attached hydrogen (secondary N) is 2. The summed E-state index contributed by atoms with van der Waals surface area (Å²) in [4.78, 5) is 32.0. The van der Waals surface area contributed by atoms with Crippen LogP contribution in [0.5, 0.6) is 0 Å². The zero-order valence-corrected chi connectivity index (χ0v) is 28.8. The van der Waals surface area contributed by atoms with Crippen molar-refractivity contribution >= 4 is 23.8 Å². The summed E-state index contributed by atoms with van der Waals surface area (Å²) in [7, 11) is 0. The molecule has 9 nitrogen and oxygen atoms in total. The summed E-state index contributed by atoms with van der Waals surface area (Å²) in [5.74, 6) is 1.43. The minimum Gasteiger partial charge on any atom is -0.379 e. The van der Waals surface area contributed by atoms with Crippen LogP contribution in [-0.4, -0.2) is 133 Å². The molecule has 0 aromatic carbocycles. The van der Waals surface area contributed by atoms with Gasteiger partial charge in [0.15, 0.2) is 0 Å². The van der Waals surface area contributed by atoms with E-state index in [-0.39, 0.29) is 17.7 Å². The van der Waals surface area contributed by atoms with Crippen LogP contribution < -0.4 is 10.6 Å². The predicted octanol–water partition coefficient (Wildman–Crippen LogP) is 3.84. The van der Waals surface area contributed by atoms with E-state index in [1.54, 1.807) is 6.92 Å². The van der Waals surface area contributed by atoms with Crippen molar-refractivity contribution in [3.8, 4) is 0 Å². The second kappa shape index (κ2) is 21.0. The van der Waals surface area contributed by atoms with Crippen LogP contribution in [0.25, 0.3) is 0 Å². The summed E-state index contributed by atoms with van der Waals surface area (Å²) in [6.45, 7) is 21.3. The number of unbranched alkanes of at least 4 members (excludes halogenated alkanes) is 2. The van der Waals surface area contributed by atoms with Crippen molar-refractivity contribution in [2.75, 3.05) is 84.4 Å². The first-order chi connectivity index (χ1) is 20.8. The van der Waals surface area contributed by atoms with Crippen LogP contribution in [0.3, 0.4) is 0 Å². The van der Waals surface area contributed by atoms with Gasteiger partial charge in [0.25, 0.3) is 0 Å². The van der Waals surface area contributed by atoms with Crippen LogP contribution >= 0.6 is 11.9 Å². The van der Waals surface area contributed by atoms with Crippen molar-refractivity contribution in [2.24, 2.45) is 5.92 Å². The van der Waals surface area contributed by atoms with Gasteiger partial charge in [-0.25, -0.2) is 4.31 Å². The Balaban J connectivity index is 1.17. The molecule has 0 radical (unpaired) electrons. The molecule has 3 aliphatic rings. The van der Waals surface area contributed by atoms with Gasteiger partial charge in [-0.05, 0) is 104 Å². The first-order valence-corrected chi connectivity index (χ1v) is 18.5. The first-order valence-electron chi connectivity index (χ1n) is 17.5. The first kappa shape index (κ1) is 36.6. The molecule has 3 rings (SSSR count). The largest absolute Gasteiger partial charge is 0.379 e. The van der Waals surface area contributed by atoms with Crippen molar-refractivity contribution in [1.82, 2.24) is 29.6 Å². The second-order valence-electron chi connectivity index (χ2n) is 13.4. The smallest absolute Gasteiger partial charge is 0.223 e. The number of rotatable bonds is 18. The Morgan fingerprint density at radius 2 is 1.35 bits per heavy atom. The Labute approximate surface area is 267 Å². The summed E-state index contributed by atoms with van der Waals surface area (Å²) in [6, 6.07) is 0.696. The van der Waals surface area contributed by atoms with E-state index in [4.69, 9.17) is 4.74 Å². The van der Waals surface area contributed by atoms with E-state index < -0.39 is 0 Å². The van der Waals surface area contributed by atoms with Gasteiger partial charge in [0.1, 0.15) is 0 Å². The van der Waals surface area contributed by atoms with E-state index in [0.29, 0.717) is 18.2 Å². The zero-order chi connectivity index (χ0) is 30.9. The highest BCUT2D eigenvalue weighted by Crippen LogP contribution is 2.19. The Bertz CT molecular complexity index is 774. The molecule has 3 saturated heterocycles. The molecule has 3 aliphatic heterocycles. The number of carbonyl (C=O) groups is 2. The van der Waals surface area contributed by atoms with Gasteiger partial charge in [-0.1, -0.05) is 18.9 Å². The topological polar surface area (TPSA) is 80.4 Å². The summed E-state index contributed by atoms with van der Waals surface area (Å²) < 4.78 is 8.16. The summed E-state index contributed by atoms with van der Waals surface area (Å²) >= 11 is 1.93. The SMILES string of the molecule is CC(=O)NC1CCN(CCCN2CCN(SCCC(C)C(=O)NC3CCCN(CCCCCOC(C)C)CC3)CC2)CC1. The molecule has 3 fully saturated rings. The Morgan fingerprint density at radius 1 is 0.744 bits per heavy atom. The summed E-state index contributed by atoms with van der Waals surface area (Å²) in [5, 5.41) is 6.46. The third kappa shape index (κ3) is 15.8. The lowest BCUT2D eigenvalue weighted by Gasteiger charge is -2.35. The average molecular weight is 625 g/mol. The van der Waals surface area contributed by atoms with Gasteiger partial charge in [-0.3, -0.25) is 9.59 Å². The maximum Gasteiger partial charge on any atom is 0.223 e. The van der Waals surface area contributed by atoms with Crippen LogP contribution in [0, 0.1) is 5.92 Å². The Morgan fingerprint density at radius 3 is 2.00 bits per heavy atom. The minimum atomic E-state index is 0.0736. The third-order valence-corrected chi connectivity index (χ3v) is 10.4. The van der Waals surface area contributed by atoms with Gasteiger partial charge in [-0.2, -0.15) is 0 Å². The number of carbonyl (C=O) groups excluding carboxylic acids is 2. The van der Waals surface area contributed by atoms with E-state index in [1.165, 1.54) is 38.8 Å². The minimum absolute atomic E-state index is 0.0736. The van der Waals surface area contributed by atoms with E-state index >= 15 is 0 Å². The monoisotopic (exact) mass is 624 g/mol. The lowest BCUT2D eigenvalue weighted by atomic mass is 10.0. The molecule has 10 heteroatoms. The molecule has 250 valence electrons. The molecular weight excluding hydrogens is 560 g/mol. The molecule has 0 aromatic heterocycles. The standard InChI is InChI=1S/C33H64N6O3S/c1-28(2)42-26-7-5-6-15-36-16-8-10-31(11-19-36)35-33(41)29(3)14-27-43-39-24-22-38(23-25-39)18-9-17-37-20-12-32(13-21-37)34-30(4)40/h28-29,31-32H,5-27H2,1-4H3,(H,34,40)(H,35,41). The van der Waals surface area contributed by atoms with Gasteiger partial charge in [0, 0.05) is 83.1 Å². The molecule has 0 aliphatic carbocycles. The highest BCUT2D eigenvalue weighted by atomic mass is 32.2. The van der Waals surface area contributed by atoms with Gasteiger partial charge >= 0.3 is 0 Å². The molecule has 2 N–H and O–H groups in total. The molecule has 0 aromatic rings. The van der Waals surface area contributed by atoms with Crippen molar-refractivity contribution < 1.29 is 14.3 Å². The quantitative estimate of drug-likeness (QED) is 0.176. The summed E-state index contributed by atoms with van der Waals surface area (Å²) in [5.41, 5.74) is 0. The van der Waals surface area contributed by atoms with E-state index in [1.807, 2.05) is 11.9 Å². The van der Waals surface area contributed by atoms with E-state index in [9.17, 15) is 9.59 Å². The molecule has 0 spiro atoms. The number of likely N-dealkylation sites (tertiary alicyclic amines) is 2. The lowest BCUT2D eigenvalue weighted by molar-refractivity contribution is -0.125. The van der Waals surface area contributed by atoms with Crippen LogP contribution in [0.4, 0.5) is 0 Å². The van der Waals surface area contributed by atoms with Crippen LogP contribution in [0.1, 0.15) is 91.9 Å². The molecule has 2 unspecified atom stereocenters. The maximum absolute atomic E-state index is 12.9. The fourth-order valence-electron chi connectivity index (χ4n) is 6.48. The number of nitrogens with zero attached hydrogens (tertiary/aromatic N) is 4. The maximum atomic E-state index is 12.9. The normalized spacial score (nSPS) is 22.9. The summed E-state index contributed by atoms with van der Waals surface area (Å²) in [6.07, 6.45) is 11.6. The van der Waals surface area contributed by atoms with Crippen molar-refractivity contribution in [3.05, 3.63) is 0 Å². The number of amides is 2. The van der Waals surface area contributed by atoms with E-state index in [2.05, 4.69) is 50.4 Å². The van der Waals surface area contributed by atoms with Gasteiger partial charge < -0.3 is 30.1 Å². The predicted molar refractivity (Wildman–Crippen MR) is 179 cm³/mol. The van der Waals surface area contributed by atoms with Crippen molar-refractivity contribution in [3.63, 3.8) is 0 Å². The van der Waals surface area contributed by atoms with Crippen LogP contribution in [0.15, 0.2) is 0 Å².